The van der Waals surface area contributed by atoms with Crippen molar-refractivity contribution in [3.05, 3.63) is 0 Å². The van der Waals surface area contributed by atoms with Crippen molar-refractivity contribution in [1.29, 1.82) is 0 Å². The lowest BCUT2D eigenvalue weighted by Crippen LogP contribution is -2.82. The predicted octanol–water partition coefficient (Wildman–Crippen LogP) is 2.90. The van der Waals surface area contributed by atoms with Gasteiger partial charge in [-0.15, -0.1) is 0 Å². The van der Waals surface area contributed by atoms with Crippen LogP contribution in [0.15, 0.2) is 0 Å². The zero-order valence-corrected chi connectivity index (χ0v) is 18.2. The van der Waals surface area contributed by atoms with Crippen molar-refractivity contribution in [2.45, 2.75) is 72.6 Å². The zero-order valence-electron chi connectivity index (χ0n) is 18.2. The Morgan fingerprint density at radius 1 is 0.792 bits per heavy atom. The SMILES string of the molecule is CCCN(CCC)N(C)C(NCC)(N(CC)CC)C(C)(C)N(C)C. The summed E-state index contributed by atoms with van der Waals surface area (Å²) in [6, 6.07) is 0. The summed E-state index contributed by atoms with van der Waals surface area (Å²) in [5.74, 6) is -0.265. The fraction of sp³-hybridized carbons (Fsp3) is 1.00. The fourth-order valence-electron chi connectivity index (χ4n) is 3.80. The first-order valence-electron chi connectivity index (χ1n) is 9.87. The summed E-state index contributed by atoms with van der Waals surface area (Å²) in [4.78, 5) is 4.91. The van der Waals surface area contributed by atoms with Crippen molar-refractivity contribution in [2.75, 3.05) is 53.9 Å². The fourth-order valence-corrected chi connectivity index (χ4v) is 3.80. The van der Waals surface area contributed by atoms with Crippen molar-refractivity contribution in [1.82, 2.24) is 25.1 Å². The second-order valence-electron chi connectivity index (χ2n) is 7.31. The van der Waals surface area contributed by atoms with Crippen LogP contribution in [0, 0.1) is 0 Å². The highest BCUT2D eigenvalue weighted by atomic mass is 15.7. The van der Waals surface area contributed by atoms with Crippen LogP contribution in [0.2, 0.25) is 0 Å². The highest BCUT2D eigenvalue weighted by Crippen LogP contribution is 2.34. The minimum Gasteiger partial charge on any atom is -0.300 e. The first-order valence-corrected chi connectivity index (χ1v) is 9.87. The molecule has 1 atom stereocenters. The van der Waals surface area contributed by atoms with Crippen LogP contribution in [0.3, 0.4) is 0 Å². The molecular weight excluding hydrogens is 298 g/mol. The van der Waals surface area contributed by atoms with E-state index in [9.17, 15) is 0 Å². The van der Waals surface area contributed by atoms with E-state index in [1.54, 1.807) is 0 Å². The molecule has 0 heterocycles. The number of rotatable bonds is 13. The van der Waals surface area contributed by atoms with Crippen LogP contribution in [-0.2, 0) is 0 Å². The second kappa shape index (κ2) is 10.7. The van der Waals surface area contributed by atoms with Crippen molar-refractivity contribution < 1.29 is 0 Å². The molecule has 0 rings (SSSR count). The maximum atomic E-state index is 3.89. The average molecular weight is 344 g/mol. The van der Waals surface area contributed by atoms with E-state index in [-0.39, 0.29) is 11.3 Å². The lowest BCUT2D eigenvalue weighted by molar-refractivity contribution is -0.230. The maximum absolute atomic E-state index is 3.89. The molecule has 5 nitrogen and oxygen atoms in total. The van der Waals surface area contributed by atoms with Crippen LogP contribution < -0.4 is 5.32 Å². The van der Waals surface area contributed by atoms with Crippen LogP contribution in [0.5, 0.6) is 0 Å². The van der Waals surface area contributed by atoms with E-state index in [1.165, 1.54) is 0 Å². The predicted molar refractivity (Wildman–Crippen MR) is 107 cm³/mol. The molecule has 0 saturated carbocycles. The van der Waals surface area contributed by atoms with Crippen LogP contribution in [0.4, 0.5) is 0 Å². The van der Waals surface area contributed by atoms with Crippen LogP contribution >= 0.6 is 0 Å². The lowest BCUT2D eigenvalue weighted by atomic mass is 9.90. The Kier molecular flexibility index (Phi) is 10.6. The van der Waals surface area contributed by atoms with Crippen molar-refractivity contribution in [3.63, 3.8) is 0 Å². The van der Waals surface area contributed by atoms with Gasteiger partial charge in [0.2, 0.25) is 0 Å². The Labute approximate surface area is 152 Å². The van der Waals surface area contributed by atoms with Gasteiger partial charge in [-0.2, -0.15) is 0 Å². The largest absolute Gasteiger partial charge is 0.300 e. The van der Waals surface area contributed by atoms with E-state index in [1.807, 2.05) is 0 Å². The normalized spacial score (nSPS) is 15.8. The van der Waals surface area contributed by atoms with E-state index in [4.69, 9.17) is 0 Å². The minimum absolute atomic E-state index is 0.0798. The molecule has 0 amide bonds. The molecule has 1 unspecified atom stereocenters. The number of nitrogens with zero attached hydrogens (tertiary/aromatic N) is 4. The molecule has 0 aromatic heterocycles. The maximum Gasteiger partial charge on any atom is 0.159 e. The highest BCUT2D eigenvalue weighted by Gasteiger charge is 2.53. The Morgan fingerprint density at radius 3 is 1.54 bits per heavy atom. The Bertz CT molecular complexity index is 322. The molecule has 0 aromatic carbocycles. The van der Waals surface area contributed by atoms with Crippen molar-refractivity contribution in [3.8, 4) is 0 Å². The van der Waals surface area contributed by atoms with Gasteiger partial charge in [-0.1, -0.05) is 34.6 Å². The summed E-state index contributed by atoms with van der Waals surface area (Å²) in [5.41, 5.74) is -0.0798. The summed E-state index contributed by atoms with van der Waals surface area (Å²) in [5, 5.41) is 8.89. The number of hydrazine groups is 1. The van der Waals surface area contributed by atoms with Gasteiger partial charge < -0.3 is 0 Å². The summed E-state index contributed by atoms with van der Waals surface area (Å²) in [6.07, 6.45) is 2.32. The van der Waals surface area contributed by atoms with Gasteiger partial charge in [-0.25, -0.2) is 10.0 Å². The number of nitrogens with one attached hydrogen (secondary N) is 1. The molecule has 24 heavy (non-hydrogen) atoms. The molecule has 0 aliphatic carbocycles. The molecule has 5 heteroatoms. The molecule has 0 aliphatic heterocycles. The third kappa shape index (κ3) is 4.70. The van der Waals surface area contributed by atoms with E-state index >= 15 is 0 Å². The summed E-state index contributed by atoms with van der Waals surface area (Å²) in [7, 11) is 6.64. The molecule has 0 aliphatic rings. The molecular formula is C19H45N5. The highest BCUT2D eigenvalue weighted by molar-refractivity contribution is 5.03. The molecule has 0 spiro atoms. The summed E-state index contributed by atoms with van der Waals surface area (Å²) >= 11 is 0. The Morgan fingerprint density at radius 2 is 1.25 bits per heavy atom. The van der Waals surface area contributed by atoms with Crippen molar-refractivity contribution >= 4 is 0 Å². The van der Waals surface area contributed by atoms with Crippen molar-refractivity contribution in [2.24, 2.45) is 0 Å². The first kappa shape index (κ1) is 23.8. The standard InChI is InChI=1S/C19H45N5/c1-11-16-24(17-12-2)22(10)19(20-13-3,23(14-4)15-5)18(6,7)21(8)9/h20H,11-17H2,1-10H3. The summed E-state index contributed by atoms with van der Waals surface area (Å²) in [6.45, 7) is 21.1. The number of hydrogen-bond acceptors (Lipinski definition) is 5. The monoisotopic (exact) mass is 343 g/mol. The second-order valence-corrected chi connectivity index (χ2v) is 7.31. The van der Waals surface area contributed by atoms with E-state index in [2.05, 4.69) is 94.7 Å². The van der Waals surface area contributed by atoms with Gasteiger partial charge in [0.25, 0.3) is 0 Å². The topological polar surface area (TPSA) is 25.0 Å². The van der Waals surface area contributed by atoms with Gasteiger partial charge >= 0.3 is 0 Å². The van der Waals surface area contributed by atoms with Crippen LogP contribution in [0.25, 0.3) is 0 Å². The number of hydrogen-bond donors (Lipinski definition) is 1. The molecule has 0 fully saturated rings. The minimum atomic E-state index is -0.265. The quantitative estimate of drug-likeness (QED) is 0.409. The van der Waals surface area contributed by atoms with E-state index in [0.29, 0.717) is 0 Å². The third-order valence-electron chi connectivity index (χ3n) is 5.47. The van der Waals surface area contributed by atoms with Gasteiger partial charge in [0, 0.05) is 20.1 Å². The first-order chi connectivity index (χ1) is 11.2. The van der Waals surface area contributed by atoms with Gasteiger partial charge in [-0.05, 0) is 60.4 Å². The number of likely N-dealkylation sites (N-methyl/N-ethyl adjacent to an activating group) is 4. The molecule has 1 N–H and O–H groups in total. The third-order valence-corrected chi connectivity index (χ3v) is 5.47. The lowest BCUT2D eigenvalue weighted by Gasteiger charge is -2.61. The molecule has 0 radical (unpaired) electrons. The Hall–Kier alpha value is -0.200. The summed E-state index contributed by atoms with van der Waals surface area (Å²) < 4.78 is 0. The van der Waals surface area contributed by atoms with Crippen LogP contribution in [0.1, 0.15) is 61.3 Å². The zero-order chi connectivity index (χ0) is 19.0. The Balaban J connectivity index is 6.23. The average Bonchev–Trinajstić information content (AvgIpc) is 2.53. The smallest absolute Gasteiger partial charge is 0.159 e. The van der Waals surface area contributed by atoms with E-state index in [0.717, 1.165) is 45.6 Å². The van der Waals surface area contributed by atoms with Crippen LogP contribution in [-0.4, -0.2) is 85.0 Å². The van der Waals surface area contributed by atoms with Gasteiger partial charge in [0.15, 0.2) is 5.79 Å². The molecule has 146 valence electrons. The van der Waals surface area contributed by atoms with Gasteiger partial charge in [0.05, 0.1) is 5.54 Å². The van der Waals surface area contributed by atoms with Gasteiger partial charge in [0.1, 0.15) is 0 Å². The molecule has 0 aromatic rings. The molecule has 0 saturated heterocycles. The van der Waals surface area contributed by atoms with E-state index < -0.39 is 0 Å². The van der Waals surface area contributed by atoms with Gasteiger partial charge in [-0.3, -0.25) is 15.1 Å². The molecule has 0 bridgehead atoms.